The molecule has 4 nitrogen and oxygen atoms in total. The fourth-order valence-corrected chi connectivity index (χ4v) is 1.54. The van der Waals surface area contributed by atoms with E-state index in [0.717, 1.165) is 0 Å². The zero-order chi connectivity index (χ0) is 12.7. The number of benzene rings is 1. The molecule has 0 fully saturated rings. The summed E-state index contributed by atoms with van der Waals surface area (Å²) in [5, 5.41) is 17.5. The van der Waals surface area contributed by atoms with Crippen molar-refractivity contribution >= 4 is 5.97 Å². The zero-order valence-corrected chi connectivity index (χ0v) is 9.56. The number of carbonyl (C=O) groups is 1. The summed E-state index contributed by atoms with van der Waals surface area (Å²) in [4.78, 5) is 11.8. The maximum Gasteiger partial charge on any atom is 0.339 e. The molecule has 0 radical (unpaired) electrons. The first-order valence-electron chi connectivity index (χ1n) is 5.30. The van der Waals surface area contributed by atoms with E-state index in [4.69, 9.17) is 15.3 Å². The van der Waals surface area contributed by atoms with Crippen molar-refractivity contribution in [2.45, 2.75) is 19.8 Å². The van der Waals surface area contributed by atoms with Crippen LogP contribution in [0.5, 0.6) is 0 Å². The van der Waals surface area contributed by atoms with Crippen LogP contribution in [0.1, 0.15) is 34.8 Å². The van der Waals surface area contributed by atoms with Crippen molar-refractivity contribution in [3.63, 3.8) is 0 Å². The molecule has 0 bridgehead atoms. The van der Waals surface area contributed by atoms with Crippen molar-refractivity contribution < 1.29 is 9.53 Å². The third-order valence-electron chi connectivity index (χ3n) is 2.26. The highest BCUT2D eigenvalue weighted by Crippen LogP contribution is 2.17. The van der Waals surface area contributed by atoms with E-state index in [1.54, 1.807) is 25.1 Å². The lowest BCUT2D eigenvalue weighted by Gasteiger charge is -2.08. The lowest BCUT2D eigenvalue weighted by molar-refractivity contribution is 0.0524. The van der Waals surface area contributed by atoms with E-state index in [1.165, 1.54) is 0 Å². The number of ether oxygens (including phenoxy) is 1. The van der Waals surface area contributed by atoms with E-state index in [2.05, 4.69) is 0 Å². The van der Waals surface area contributed by atoms with Crippen LogP contribution in [0.25, 0.3) is 0 Å². The van der Waals surface area contributed by atoms with Gasteiger partial charge in [-0.1, -0.05) is 12.1 Å². The van der Waals surface area contributed by atoms with Gasteiger partial charge in [-0.2, -0.15) is 10.5 Å². The number of hydrogen-bond acceptors (Lipinski definition) is 4. The molecule has 0 aliphatic rings. The lowest BCUT2D eigenvalue weighted by atomic mass is 9.98. The normalized spacial score (nSPS) is 9.12. The summed E-state index contributed by atoms with van der Waals surface area (Å²) >= 11 is 0. The maximum absolute atomic E-state index is 11.8. The first-order valence-corrected chi connectivity index (χ1v) is 5.30. The average Bonchev–Trinajstić information content (AvgIpc) is 2.35. The summed E-state index contributed by atoms with van der Waals surface area (Å²) in [7, 11) is 0. The molecule has 0 aliphatic carbocycles. The van der Waals surface area contributed by atoms with Crippen LogP contribution in [-0.4, -0.2) is 12.6 Å². The largest absolute Gasteiger partial charge is 0.462 e. The summed E-state index contributed by atoms with van der Waals surface area (Å²) < 4.78 is 4.92. The van der Waals surface area contributed by atoms with Crippen LogP contribution >= 0.6 is 0 Å². The first kappa shape index (κ1) is 12.7. The van der Waals surface area contributed by atoms with Gasteiger partial charge in [0.2, 0.25) is 0 Å². The van der Waals surface area contributed by atoms with Crippen LogP contribution in [0.15, 0.2) is 18.2 Å². The number of rotatable bonds is 4. The Hall–Kier alpha value is -2.33. The van der Waals surface area contributed by atoms with E-state index in [9.17, 15) is 4.79 Å². The number of nitrogens with zero attached hydrogens (tertiary/aromatic N) is 2. The highest BCUT2D eigenvalue weighted by molar-refractivity contribution is 5.93. The smallest absolute Gasteiger partial charge is 0.339 e. The summed E-state index contributed by atoms with van der Waals surface area (Å²) in [5.74, 6) is -0.502. The topological polar surface area (TPSA) is 73.9 Å². The maximum atomic E-state index is 11.8. The van der Waals surface area contributed by atoms with Crippen molar-refractivity contribution in [1.82, 2.24) is 0 Å². The van der Waals surface area contributed by atoms with E-state index in [-0.39, 0.29) is 12.2 Å². The molecule has 17 heavy (non-hydrogen) atoms. The summed E-state index contributed by atoms with van der Waals surface area (Å²) in [5.41, 5.74) is 1.26. The Balaban J connectivity index is 3.17. The van der Waals surface area contributed by atoms with E-state index in [0.29, 0.717) is 24.0 Å². The molecule has 0 unspecified atom stereocenters. The minimum atomic E-state index is -0.502. The molecule has 0 N–H and O–H groups in total. The third-order valence-corrected chi connectivity index (χ3v) is 2.26. The Morgan fingerprint density at radius 1 is 1.41 bits per heavy atom. The second kappa shape index (κ2) is 6.30. The molecule has 0 amide bonds. The predicted octanol–water partition coefficient (Wildman–Crippen LogP) is 2.19. The van der Waals surface area contributed by atoms with Crippen LogP contribution in [-0.2, 0) is 11.2 Å². The van der Waals surface area contributed by atoms with Crippen molar-refractivity contribution in [2.24, 2.45) is 0 Å². The van der Waals surface area contributed by atoms with Crippen LogP contribution in [0.3, 0.4) is 0 Å². The third kappa shape index (κ3) is 3.06. The van der Waals surface area contributed by atoms with Gasteiger partial charge in [0.1, 0.15) is 6.07 Å². The van der Waals surface area contributed by atoms with Crippen LogP contribution in [0.4, 0.5) is 0 Å². The minimum absolute atomic E-state index is 0.260. The number of carbonyl (C=O) groups excluding carboxylic acids is 1. The minimum Gasteiger partial charge on any atom is -0.462 e. The van der Waals surface area contributed by atoms with Gasteiger partial charge in [-0.05, 0) is 25.0 Å². The zero-order valence-electron chi connectivity index (χ0n) is 9.56. The molecule has 0 aromatic heterocycles. The molecule has 0 heterocycles. The van der Waals surface area contributed by atoms with E-state index >= 15 is 0 Å². The molecule has 0 aliphatic heterocycles. The van der Waals surface area contributed by atoms with E-state index < -0.39 is 5.97 Å². The molecule has 0 spiro atoms. The van der Waals surface area contributed by atoms with Gasteiger partial charge < -0.3 is 4.74 Å². The lowest BCUT2D eigenvalue weighted by Crippen LogP contribution is -2.10. The first-order chi connectivity index (χ1) is 8.24. The van der Waals surface area contributed by atoms with Crippen LogP contribution in [0.2, 0.25) is 0 Å². The van der Waals surface area contributed by atoms with Gasteiger partial charge in [-0.3, -0.25) is 0 Å². The number of hydrogen-bond donors (Lipinski definition) is 0. The molecule has 1 aromatic rings. The van der Waals surface area contributed by atoms with Crippen molar-refractivity contribution in [1.29, 1.82) is 10.5 Å². The Bertz CT molecular complexity index is 495. The van der Waals surface area contributed by atoms with Gasteiger partial charge in [-0.25, -0.2) is 4.79 Å². The van der Waals surface area contributed by atoms with Crippen molar-refractivity contribution in [2.75, 3.05) is 6.61 Å². The van der Waals surface area contributed by atoms with Gasteiger partial charge in [-0.15, -0.1) is 0 Å². The SMILES string of the molecule is CCOC(=O)c1c(C#N)cccc1CCC#N. The highest BCUT2D eigenvalue weighted by Gasteiger charge is 2.16. The van der Waals surface area contributed by atoms with Gasteiger partial charge in [0.15, 0.2) is 0 Å². The molecular weight excluding hydrogens is 216 g/mol. The highest BCUT2D eigenvalue weighted by atomic mass is 16.5. The Labute approximate surface area is 100 Å². The Morgan fingerprint density at radius 2 is 2.18 bits per heavy atom. The van der Waals surface area contributed by atoms with Gasteiger partial charge in [0.05, 0.1) is 23.8 Å². The predicted molar refractivity (Wildman–Crippen MR) is 61.0 cm³/mol. The molecule has 0 saturated heterocycles. The van der Waals surface area contributed by atoms with Gasteiger partial charge in [0, 0.05) is 6.42 Å². The van der Waals surface area contributed by atoms with E-state index in [1.807, 2.05) is 12.1 Å². The van der Waals surface area contributed by atoms with Gasteiger partial charge in [0.25, 0.3) is 0 Å². The Morgan fingerprint density at radius 3 is 2.76 bits per heavy atom. The van der Waals surface area contributed by atoms with Crippen molar-refractivity contribution in [3.05, 3.63) is 34.9 Å². The number of esters is 1. The second-order valence-corrected chi connectivity index (χ2v) is 3.33. The average molecular weight is 228 g/mol. The molecule has 0 saturated carbocycles. The molecule has 4 heteroatoms. The molecule has 86 valence electrons. The number of aryl methyl sites for hydroxylation is 1. The molecular formula is C13H12N2O2. The molecule has 0 atom stereocenters. The Kier molecular flexibility index (Phi) is 4.72. The van der Waals surface area contributed by atoms with Gasteiger partial charge >= 0.3 is 5.97 Å². The van der Waals surface area contributed by atoms with Crippen LogP contribution in [0, 0.1) is 22.7 Å². The fraction of sp³-hybridized carbons (Fsp3) is 0.308. The quantitative estimate of drug-likeness (QED) is 0.740. The summed E-state index contributed by atoms with van der Waals surface area (Å²) in [6.45, 7) is 1.97. The molecule has 1 rings (SSSR count). The van der Waals surface area contributed by atoms with Crippen molar-refractivity contribution in [3.8, 4) is 12.1 Å². The number of nitriles is 2. The standard InChI is InChI=1S/C13H12N2O2/c1-2-17-13(16)12-10(7-4-8-14)5-3-6-11(12)9-15/h3,5-6H,2,4,7H2,1H3. The second-order valence-electron chi connectivity index (χ2n) is 3.33. The summed E-state index contributed by atoms with van der Waals surface area (Å²) in [6, 6.07) is 9.00. The molecule has 1 aromatic carbocycles. The monoisotopic (exact) mass is 228 g/mol. The van der Waals surface area contributed by atoms with Crippen LogP contribution < -0.4 is 0 Å². The fourth-order valence-electron chi connectivity index (χ4n) is 1.54. The summed E-state index contributed by atoms with van der Waals surface area (Å²) in [6.07, 6.45) is 0.751.